The predicted octanol–water partition coefficient (Wildman–Crippen LogP) is 3.58. The molecule has 0 saturated heterocycles. The molecule has 0 atom stereocenters. The molecule has 2 aromatic carbocycles. The van der Waals surface area contributed by atoms with Crippen molar-refractivity contribution in [2.24, 2.45) is 10.7 Å². The van der Waals surface area contributed by atoms with Crippen LogP contribution in [0.1, 0.15) is 36.8 Å². The van der Waals surface area contributed by atoms with E-state index in [9.17, 15) is 4.79 Å². The minimum atomic E-state index is -0.484. The van der Waals surface area contributed by atoms with Crippen LogP contribution < -0.4 is 20.7 Å². The van der Waals surface area contributed by atoms with Crippen molar-refractivity contribution in [1.29, 1.82) is 0 Å². The molecule has 0 aromatic heterocycles. The maximum absolute atomic E-state index is 10.9. The molecule has 2 aliphatic rings. The number of carbonyl (C=O) groups is 1. The topological polar surface area (TPSA) is 80.0 Å². The average Bonchev–Trinajstić information content (AvgIpc) is 3.34. The number of nitrogens with one attached hydrogen (secondary N) is 1. The zero-order valence-electron chi connectivity index (χ0n) is 17.3. The molecule has 30 heavy (non-hydrogen) atoms. The quantitative estimate of drug-likeness (QED) is 0.359. The van der Waals surface area contributed by atoms with Crippen molar-refractivity contribution in [3.63, 3.8) is 0 Å². The van der Waals surface area contributed by atoms with Crippen molar-refractivity contribution in [3.8, 4) is 5.75 Å². The Balaban J connectivity index is 0.00000256. The fourth-order valence-electron chi connectivity index (χ4n) is 4.67. The van der Waals surface area contributed by atoms with E-state index in [2.05, 4.69) is 39.5 Å². The molecule has 1 amide bonds. The first-order chi connectivity index (χ1) is 14.1. The molecule has 160 valence electrons. The summed E-state index contributed by atoms with van der Waals surface area (Å²) in [6, 6.07) is 16.4. The van der Waals surface area contributed by atoms with E-state index < -0.39 is 5.91 Å². The fraction of sp³-hybridized carbons (Fsp3) is 0.391. The number of aliphatic imine (C=N–C) groups is 1. The highest BCUT2D eigenvalue weighted by molar-refractivity contribution is 14.0. The van der Waals surface area contributed by atoms with Gasteiger partial charge in [-0.25, -0.2) is 0 Å². The van der Waals surface area contributed by atoms with Crippen LogP contribution in [0.4, 0.5) is 5.69 Å². The maximum Gasteiger partial charge on any atom is 0.255 e. The lowest BCUT2D eigenvalue weighted by Crippen LogP contribution is -2.43. The molecular formula is C23H29IN4O2. The number of rotatable bonds is 5. The SMILES string of the molecule is CN=C(NCc1cccc(OCC(N)=O)c1)N1CC2(CCCC2)c2ccccc21.I. The van der Waals surface area contributed by atoms with Gasteiger partial charge >= 0.3 is 0 Å². The number of benzene rings is 2. The zero-order valence-corrected chi connectivity index (χ0v) is 19.6. The molecular weight excluding hydrogens is 491 g/mol. The van der Waals surface area contributed by atoms with Gasteiger partial charge in [0.15, 0.2) is 12.6 Å². The van der Waals surface area contributed by atoms with E-state index in [1.807, 2.05) is 31.3 Å². The standard InChI is InChI=1S/C23H28N4O2.HI/c1-25-22(26-14-17-7-6-8-18(13-17)29-15-21(24)28)27-16-23(11-4-5-12-23)19-9-2-3-10-20(19)27;/h2-3,6-10,13H,4-5,11-12,14-16H2,1H3,(H2,24,28)(H,25,26);1H. The Kier molecular flexibility index (Phi) is 7.23. The van der Waals surface area contributed by atoms with Gasteiger partial charge in [0.1, 0.15) is 5.75 Å². The first-order valence-corrected chi connectivity index (χ1v) is 10.2. The summed E-state index contributed by atoms with van der Waals surface area (Å²) in [5.74, 6) is 1.03. The number of anilines is 1. The Morgan fingerprint density at radius 3 is 2.70 bits per heavy atom. The van der Waals surface area contributed by atoms with Crippen LogP contribution in [-0.2, 0) is 16.8 Å². The summed E-state index contributed by atoms with van der Waals surface area (Å²) in [5, 5.41) is 3.50. The summed E-state index contributed by atoms with van der Waals surface area (Å²) in [4.78, 5) is 17.8. The molecule has 1 spiro atoms. The summed E-state index contributed by atoms with van der Waals surface area (Å²) < 4.78 is 5.41. The van der Waals surface area contributed by atoms with Gasteiger partial charge < -0.3 is 20.7 Å². The van der Waals surface area contributed by atoms with Gasteiger partial charge in [0.05, 0.1) is 0 Å². The van der Waals surface area contributed by atoms with Gasteiger partial charge in [-0.15, -0.1) is 24.0 Å². The second kappa shape index (κ2) is 9.68. The smallest absolute Gasteiger partial charge is 0.255 e. The molecule has 1 saturated carbocycles. The molecule has 1 aliphatic carbocycles. The second-order valence-electron chi connectivity index (χ2n) is 7.89. The van der Waals surface area contributed by atoms with Gasteiger partial charge in [0, 0.05) is 31.2 Å². The molecule has 0 unspecified atom stereocenters. The molecule has 1 aliphatic heterocycles. The van der Waals surface area contributed by atoms with E-state index in [-0.39, 0.29) is 36.0 Å². The third-order valence-electron chi connectivity index (χ3n) is 5.99. The number of nitrogens with two attached hydrogens (primary N) is 1. The Morgan fingerprint density at radius 2 is 1.97 bits per heavy atom. The molecule has 0 bridgehead atoms. The third kappa shape index (κ3) is 4.55. The van der Waals surface area contributed by atoms with Crippen LogP contribution in [0.3, 0.4) is 0 Å². The Bertz CT molecular complexity index is 925. The van der Waals surface area contributed by atoms with Gasteiger partial charge in [-0.3, -0.25) is 9.79 Å². The molecule has 3 N–H and O–H groups in total. The van der Waals surface area contributed by atoms with Crippen LogP contribution in [0.25, 0.3) is 0 Å². The molecule has 6 nitrogen and oxygen atoms in total. The Labute approximate surface area is 194 Å². The summed E-state index contributed by atoms with van der Waals surface area (Å²) in [6.07, 6.45) is 5.09. The first-order valence-electron chi connectivity index (χ1n) is 10.2. The highest BCUT2D eigenvalue weighted by atomic mass is 127. The van der Waals surface area contributed by atoms with Crippen LogP contribution >= 0.6 is 24.0 Å². The van der Waals surface area contributed by atoms with Gasteiger partial charge in [-0.2, -0.15) is 0 Å². The number of primary amides is 1. The summed E-state index contributed by atoms with van der Waals surface area (Å²) >= 11 is 0. The van der Waals surface area contributed by atoms with Crippen molar-refractivity contribution in [2.75, 3.05) is 25.1 Å². The lowest BCUT2D eigenvalue weighted by atomic mass is 9.81. The number of guanidine groups is 1. The number of para-hydroxylation sites is 1. The van der Waals surface area contributed by atoms with E-state index in [0.29, 0.717) is 12.3 Å². The number of carbonyl (C=O) groups excluding carboxylic acids is 1. The number of ether oxygens (including phenoxy) is 1. The monoisotopic (exact) mass is 520 g/mol. The van der Waals surface area contributed by atoms with Crippen LogP contribution in [0.2, 0.25) is 0 Å². The van der Waals surface area contributed by atoms with Crippen molar-refractivity contribution in [1.82, 2.24) is 5.32 Å². The molecule has 7 heteroatoms. The lowest BCUT2D eigenvalue weighted by Gasteiger charge is -2.26. The van der Waals surface area contributed by atoms with Crippen LogP contribution in [0.5, 0.6) is 5.75 Å². The summed E-state index contributed by atoms with van der Waals surface area (Å²) in [7, 11) is 1.83. The average molecular weight is 520 g/mol. The molecule has 1 heterocycles. The van der Waals surface area contributed by atoms with Gasteiger partial charge in [0.2, 0.25) is 0 Å². The summed E-state index contributed by atoms with van der Waals surface area (Å²) in [6.45, 7) is 1.48. The van der Waals surface area contributed by atoms with Crippen LogP contribution in [0, 0.1) is 0 Å². The number of amides is 1. The van der Waals surface area contributed by atoms with Crippen LogP contribution in [0.15, 0.2) is 53.5 Å². The number of halogens is 1. The summed E-state index contributed by atoms with van der Waals surface area (Å²) in [5.41, 5.74) is 9.19. The highest BCUT2D eigenvalue weighted by Crippen LogP contribution is 2.50. The maximum atomic E-state index is 10.9. The van der Waals surface area contributed by atoms with E-state index in [4.69, 9.17) is 10.5 Å². The Morgan fingerprint density at radius 1 is 1.20 bits per heavy atom. The molecule has 4 rings (SSSR count). The van der Waals surface area contributed by atoms with Crippen molar-refractivity contribution < 1.29 is 9.53 Å². The van der Waals surface area contributed by atoms with E-state index in [1.165, 1.54) is 36.9 Å². The minimum Gasteiger partial charge on any atom is -0.484 e. The number of nitrogens with zero attached hydrogens (tertiary/aromatic N) is 2. The fourth-order valence-corrected chi connectivity index (χ4v) is 4.67. The van der Waals surface area contributed by atoms with Crippen LogP contribution in [-0.4, -0.2) is 32.1 Å². The molecule has 0 radical (unpaired) electrons. The first kappa shape index (κ1) is 22.4. The normalized spacial score (nSPS) is 16.8. The number of hydrogen-bond donors (Lipinski definition) is 2. The molecule has 1 fully saturated rings. The van der Waals surface area contributed by atoms with Crippen molar-refractivity contribution in [3.05, 3.63) is 59.7 Å². The predicted molar refractivity (Wildman–Crippen MR) is 131 cm³/mol. The lowest BCUT2D eigenvalue weighted by molar-refractivity contribution is -0.119. The third-order valence-corrected chi connectivity index (χ3v) is 5.99. The van der Waals surface area contributed by atoms with E-state index >= 15 is 0 Å². The van der Waals surface area contributed by atoms with Gasteiger partial charge in [0.25, 0.3) is 5.91 Å². The highest BCUT2D eigenvalue weighted by Gasteiger charge is 2.45. The zero-order chi connectivity index (χ0) is 20.3. The van der Waals surface area contributed by atoms with Gasteiger partial charge in [-0.05, 0) is 42.2 Å². The second-order valence-corrected chi connectivity index (χ2v) is 7.89. The van der Waals surface area contributed by atoms with E-state index in [0.717, 1.165) is 18.1 Å². The number of hydrogen-bond acceptors (Lipinski definition) is 3. The minimum absolute atomic E-state index is 0. The van der Waals surface area contributed by atoms with Gasteiger partial charge in [-0.1, -0.05) is 43.2 Å². The van der Waals surface area contributed by atoms with Crippen molar-refractivity contribution >= 4 is 41.5 Å². The molecule has 2 aromatic rings. The largest absolute Gasteiger partial charge is 0.484 e. The van der Waals surface area contributed by atoms with Crippen molar-refractivity contribution in [2.45, 2.75) is 37.6 Å². The Hall–Kier alpha value is -2.29. The van der Waals surface area contributed by atoms with E-state index in [1.54, 1.807) is 0 Å². The number of fused-ring (bicyclic) bond motifs is 2.